The molecule has 0 unspecified atom stereocenters. The normalized spacial score (nSPS) is 30.9. The van der Waals surface area contributed by atoms with Gasteiger partial charge in [0.2, 0.25) is 0 Å². The quantitative estimate of drug-likeness (QED) is 0.723. The van der Waals surface area contributed by atoms with Gasteiger partial charge >= 0.3 is 6.09 Å². The van der Waals surface area contributed by atoms with E-state index in [4.69, 9.17) is 10.5 Å². The molecule has 0 aliphatic heterocycles. The van der Waals surface area contributed by atoms with E-state index < -0.39 is 23.9 Å². The van der Waals surface area contributed by atoms with Crippen LogP contribution in [-0.2, 0) is 4.74 Å². The Labute approximate surface area is 95.7 Å². The van der Waals surface area contributed by atoms with Crippen molar-refractivity contribution >= 4 is 6.09 Å². The second-order valence-electron chi connectivity index (χ2n) is 5.34. The Morgan fingerprint density at radius 3 is 2.56 bits per heavy atom. The summed E-state index contributed by atoms with van der Waals surface area (Å²) in [6, 6.07) is -0.554. The van der Waals surface area contributed by atoms with Crippen LogP contribution in [0.2, 0.25) is 0 Å². The zero-order chi connectivity index (χ0) is 12.3. The molecule has 0 aromatic carbocycles. The molecule has 0 spiro atoms. The number of hydrogen-bond acceptors (Lipinski definition) is 3. The third-order valence-electron chi connectivity index (χ3n) is 2.54. The molecule has 1 rings (SSSR count). The van der Waals surface area contributed by atoms with Gasteiger partial charge in [0.05, 0.1) is 0 Å². The van der Waals surface area contributed by atoms with Crippen molar-refractivity contribution in [2.24, 2.45) is 5.73 Å². The molecule has 0 saturated heterocycles. The maximum Gasteiger partial charge on any atom is 0.407 e. The predicted molar refractivity (Wildman–Crippen MR) is 59.9 cm³/mol. The predicted octanol–water partition coefficient (Wildman–Crippen LogP) is 1.73. The van der Waals surface area contributed by atoms with Crippen LogP contribution >= 0.6 is 0 Å². The van der Waals surface area contributed by atoms with Crippen molar-refractivity contribution in [3.63, 3.8) is 0 Å². The molecule has 0 aromatic rings. The Morgan fingerprint density at radius 1 is 1.44 bits per heavy atom. The minimum absolute atomic E-state index is 0.162. The molecule has 5 heteroatoms. The van der Waals surface area contributed by atoms with Gasteiger partial charge in [0.25, 0.3) is 0 Å². The maximum atomic E-state index is 13.3. The molecular formula is C11H21FN2O2. The Bertz CT molecular complexity index is 253. The van der Waals surface area contributed by atoms with Gasteiger partial charge in [-0.3, -0.25) is 0 Å². The molecule has 0 heterocycles. The number of nitrogens with one attached hydrogen (secondary N) is 1. The highest BCUT2D eigenvalue weighted by Gasteiger charge is 2.29. The van der Waals surface area contributed by atoms with Crippen molar-refractivity contribution in [3.8, 4) is 0 Å². The van der Waals surface area contributed by atoms with Crippen LogP contribution in [0.4, 0.5) is 9.18 Å². The van der Waals surface area contributed by atoms with Gasteiger partial charge in [0.15, 0.2) is 0 Å². The number of halogens is 1. The van der Waals surface area contributed by atoms with Crippen LogP contribution in [0.25, 0.3) is 0 Å². The summed E-state index contributed by atoms with van der Waals surface area (Å²) in [5, 5.41) is 2.67. The Morgan fingerprint density at radius 2 is 2.06 bits per heavy atom. The van der Waals surface area contributed by atoms with Crippen molar-refractivity contribution in [3.05, 3.63) is 0 Å². The van der Waals surface area contributed by atoms with E-state index in [0.717, 1.165) is 0 Å². The molecule has 1 aliphatic rings. The lowest BCUT2D eigenvalue weighted by atomic mass is 9.90. The first-order valence-corrected chi connectivity index (χ1v) is 5.67. The average Bonchev–Trinajstić information content (AvgIpc) is 2.08. The SMILES string of the molecule is CC(C)(C)OC(=O)N[C@@H]1CC[C@@H](N)[C@@H](F)C1. The lowest BCUT2D eigenvalue weighted by Crippen LogP contribution is -2.47. The van der Waals surface area contributed by atoms with Crippen LogP contribution < -0.4 is 11.1 Å². The molecule has 3 atom stereocenters. The summed E-state index contributed by atoms with van der Waals surface area (Å²) >= 11 is 0. The Hall–Kier alpha value is -0.840. The number of hydrogen-bond donors (Lipinski definition) is 2. The number of rotatable bonds is 1. The highest BCUT2D eigenvalue weighted by molar-refractivity contribution is 5.68. The van der Waals surface area contributed by atoms with Crippen molar-refractivity contribution < 1.29 is 13.9 Å². The molecule has 0 bridgehead atoms. The van der Waals surface area contributed by atoms with Crippen LogP contribution in [-0.4, -0.2) is 29.9 Å². The van der Waals surface area contributed by atoms with Gasteiger partial charge in [-0.05, 0) is 33.6 Å². The van der Waals surface area contributed by atoms with E-state index in [1.54, 1.807) is 20.8 Å². The fourth-order valence-corrected chi connectivity index (χ4v) is 1.74. The van der Waals surface area contributed by atoms with E-state index in [-0.39, 0.29) is 12.5 Å². The summed E-state index contributed by atoms with van der Waals surface area (Å²) in [6.07, 6.45) is 0.0666. The Balaban J connectivity index is 2.35. The van der Waals surface area contributed by atoms with E-state index in [9.17, 15) is 9.18 Å². The second-order valence-corrected chi connectivity index (χ2v) is 5.34. The molecule has 4 nitrogen and oxygen atoms in total. The summed E-state index contributed by atoms with van der Waals surface area (Å²) in [7, 11) is 0. The van der Waals surface area contributed by atoms with Gasteiger partial charge in [-0.15, -0.1) is 0 Å². The first kappa shape index (κ1) is 13.2. The summed E-state index contributed by atoms with van der Waals surface area (Å²) in [6.45, 7) is 5.38. The topological polar surface area (TPSA) is 64.3 Å². The molecule has 1 aliphatic carbocycles. The molecular weight excluding hydrogens is 211 g/mol. The number of carbonyl (C=O) groups is 1. The largest absolute Gasteiger partial charge is 0.444 e. The van der Waals surface area contributed by atoms with Crippen molar-refractivity contribution in [1.82, 2.24) is 5.32 Å². The maximum absolute atomic E-state index is 13.3. The molecule has 0 radical (unpaired) electrons. The minimum atomic E-state index is -1.03. The summed E-state index contributed by atoms with van der Waals surface area (Å²) in [4.78, 5) is 11.4. The number of amides is 1. The fourth-order valence-electron chi connectivity index (χ4n) is 1.74. The molecule has 1 fully saturated rings. The first-order chi connectivity index (χ1) is 7.28. The molecule has 1 saturated carbocycles. The van der Waals surface area contributed by atoms with E-state index in [2.05, 4.69) is 5.32 Å². The van der Waals surface area contributed by atoms with Gasteiger partial charge in [-0.1, -0.05) is 0 Å². The van der Waals surface area contributed by atoms with Crippen LogP contribution in [0.1, 0.15) is 40.0 Å². The van der Waals surface area contributed by atoms with Crippen LogP contribution in [0.5, 0.6) is 0 Å². The number of nitrogens with two attached hydrogens (primary N) is 1. The number of alkyl carbamates (subject to hydrolysis) is 1. The number of alkyl halides is 1. The van der Waals surface area contributed by atoms with Crippen LogP contribution in [0.15, 0.2) is 0 Å². The number of carbonyl (C=O) groups excluding carboxylic acids is 1. The lowest BCUT2D eigenvalue weighted by molar-refractivity contribution is 0.0474. The second kappa shape index (κ2) is 4.99. The van der Waals surface area contributed by atoms with Crippen LogP contribution in [0.3, 0.4) is 0 Å². The van der Waals surface area contributed by atoms with E-state index in [1.165, 1.54) is 0 Å². The van der Waals surface area contributed by atoms with Gasteiger partial charge in [-0.2, -0.15) is 0 Å². The zero-order valence-corrected chi connectivity index (χ0v) is 10.1. The standard InChI is InChI=1S/C11H21FN2O2/c1-11(2,3)16-10(15)14-7-4-5-9(13)8(12)6-7/h7-9H,4-6,13H2,1-3H3,(H,14,15)/t7-,8+,9-/m1/s1. The van der Waals surface area contributed by atoms with Crippen LogP contribution in [0, 0.1) is 0 Å². The third-order valence-corrected chi connectivity index (χ3v) is 2.54. The van der Waals surface area contributed by atoms with Crippen molar-refractivity contribution in [2.45, 2.75) is 63.9 Å². The van der Waals surface area contributed by atoms with Gasteiger partial charge < -0.3 is 15.8 Å². The summed E-state index contributed by atoms with van der Waals surface area (Å²) in [5.41, 5.74) is 5.03. The highest BCUT2D eigenvalue weighted by Crippen LogP contribution is 2.20. The highest BCUT2D eigenvalue weighted by atomic mass is 19.1. The monoisotopic (exact) mass is 232 g/mol. The molecule has 16 heavy (non-hydrogen) atoms. The smallest absolute Gasteiger partial charge is 0.407 e. The molecule has 3 N–H and O–H groups in total. The van der Waals surface area contributed by atoms with Crippen molar-refractivity contribution in [1.29, 1.82) is 0 Å². The molecule has 0 aromatic heterocycles. The average molecular weight is 232 g/mol. The third kappa shape index (κ3) is 4.35. The van der Waals surface area contributed by atoms with Crippen molar-refractivity contribution in [2.75, 3.05) is 0 Å². The lowest BCUT2D eigenvalue weighted by Gasteiger charge is -2.30. The fraction of sp³-hybridized carbons (Fsp3) is 0.909. The molecule has 94 valence electrons. The van der Waals surface area contributed by atoms with Gasteiger partial charge in [0.1, 0.15) is 11.8 Å². The van der Waals surface area contributed by atoms with Gasteiger partial charge in [0, 0.05) is 18.5 Å². The summed E-state index contributed by atoms with van der Waals surface area (Å²) < 4.78 is 18.4. The molecule has 1 amide bonds. The van der Waals surface area contributed by atoms with E-state index >= 15 is 0 Å². The van der Waals surface area contributed by atoms with E-state index in [1.807, 2.05) is 0 Å². The minimum Gasteiger partial charge on any atom is -0.444 e. The zero-order valence-electron chi connectivity index (χ0n) is 10.1. The van der Waals surface area contributed by atoms with E-state index in [0.29, 0.717) is 12.8 Å². The first-order valence-electron chi connectivity index (χ1n) is 5.67. The number of ether oxygens (including phenoxy) is 1. The summed E-state index contributed by atoms with van der Waals surface area (Å²) in [5.74, 6) is 0. The van der Waals surface area contributed by atoms with Gasteiger partial charge in [-0.25, -0.2) is 9.18 Å². The Kier molecular flexibility index (Phi) is 4.13.